The van der Waals surface area contributed by atoms with Gasteiger partial charge in [0, 0.05) is 82.9 Å². The molecule has 20 aromatic carbocycles. The van der Waals surface area contributed by atoms with E-state index in [1.807, 2.05) is 29.9 Å². The molecular formula is C140H86N4OSSi2. The molecule has 0 radical (unpaired) electrons. The lowest BCUT2D eigenvalue weighted by molar-refractivity contribution is 0.670. The van der Waals surface area contributed by atoms with Crippen LogP contribution in [0.2, 0.25) is 0 Å². The first-order valence-corrected chi connectivity index (χ1v) is 55.6. The molecule has 0 spiro atoms. The maximum atomic E-state index is 6.77. The summed E-state index contributed by atoms with van der Waals surface area (Å²) in [6.45, 7) is 0. The van der Waals surface area contributed by atoms with Crippen molar-refractivity contribution in [3.05, 3.63) is 522 Å². The molecule has 5 nitrogen and oxygen atoms in total. The zero-order chi connectivity index (χ0) is 97.2. The molecule has 0 saturated carbocycles. The van der Waals surface area contributed by atoms with Crippen LogP contribution in [0, 0.1) is 0 Å². The van der Waals surface area contributed by atoms with Gasteiger partial charge >= 0.3 is 0 Å². The summed E-state index contributed by atoms with van der Waals surface area (Å²) in [5.74, 6) is 0. The van der Waals surface area contributed by atoms with E-state index in [2.05, 4.69) is 504 Å². The van der Waals surface area contributed by atoms with Gasteiger partial charge < -0.3 is 4.42 Å². The number of aromatic nitrogens is 4. The fourth-order valence-corrected chi connectivity index (χ4v) is 36.1. The van der Waals surface area contributed by atoms with Gasteiger partial charge in [0.05, 0.1) is 28.5 Å². The Bertz CT molecular complexity index is 9930. The van der Waals surface area contributed by atoms with Crippen LogP contribution in [0.15, 0.2) is 527 Å². The monoisotopic (exact) mass is 1930 g/mol. The van der Waals surface area contributed by atoms with Crippen molar-refractivity contribution in [1.82, 2.24) is 19.9 Å². The second-order valence-corrected chi connectivity index (χ2v) is 48.0. The maximum absolute atomic E-state index is 6.77. The maximum Gasteiger partial charge on any atom is 0.179 e. The SMILES string of the molecule is c1ccc([Si](c2ccccc2)(c2ccc3c(c2)-c2ccccc2-c2ccc(-c4ccc5c(n4)-c4ncccc4-c4ccc([Si](c6ccccc6)(c6ccccc6)c6ccc7c(c6)-c6ccccc6-c6ccccc6-c6cc(-c8cccc9c8oc8ccccc89)ccc6-7)cc4-c4ccccc4-5)cc2-c2cc(-c4cccc5c4sc4ccccc45)ccc2-3)c2ccc3c(c2)-c2ccccc2-c2cccnc2-c2ncccc2-3)cc1. The van der Waals surface area contributed by atoms with Crippen LogP contribution >= 0.6 is 11.3 Å². The van der Waals surface area contributed by atoms with E-state index in [9.17, 15) is 0 Å². The normalized spacial score (nSPS) is 12.2. The fraction of sp³-hybridized carbons (Fsp3) is 0. The summed E-state index contributed by atoms with van der Waals surface area (Å²) in [6, 6.07) is 191. The van der Waals surface area contributed by atoms with Crippen molar-refractivity contribution in [2.75, 3.05) is 0 Å². The van der Waals surface area contributed by atoms with Gasteiger partial charge in [0.1, 0.15) is 11.2 Å². The highest BCUT2D eigenvalue weighted by Gasteiger charge is 2.46. The van der Waals surface area contributed by atoms with Crippen LogP contribution in [-0.4, -0.2) is 36.1 Å². The minimum absolute atomic E-state index is 0.821. The number of furan rings is 1. The second kappa shape index (κ2) is 34.1. The number of rotatable bonds is 11. The fourth-order valence-electron chi connectivity index (χ4n) is 25.4. The Kier molecular flexibility index (Phi) is 19.6. The van der Waals surface area contributed by atoms with Crippen molar-refractivity contribution < 1.29 is 4.42 Å². The Morgan fingerprint density at radius 3 is 0.878 bits per heavy atom. The Balaban J connectivity index is 0.587. The summed E-state index contributed by atoms with van der Waals surface area (Å²) in [6.07, 6.45) is 5.74. The van der Waals surface area contributed by atoms with Crippen molar-refractivity contribution in [2.45, 2.75) is 0 Å². The summed E-state index contributed by atoms with van der Waals surface area (Å²) < 4.78 is 9.31. The van der Waals surface area contributed by atoms with E-state index in [1.54, 1.807) is 0 Å². The average molecular weight is 1930 g/mol. The molecule has 0 amide bonds. The smallest absolute Gasteiger partial charge is 0.179 e. The summed E-state index contributed by atoms with van der Waals surface area (Å²) >= 11 is 1.88. The van der Waals surface area contributed by atoms with E-state index in [1.165, 1.54) is 117 Å². The van der Waals surface area contributed by atoms with Gasteiger partial charge in [-0.2, -0.15) is 0 Å². The molecule has 686 valence electrons. The van der Waals surface area contributed by atoms with Crippen molar-refractivity contribution in [1.29, 1.82) is 0 Å². The van der Waals surface area contributed by atoms with Crippen molar-refractivity contribution in [2.24, 2.45) is 0 Å². The van der Waals surface area contributed by atoms with Crippen LogP contribution in [0.3, 0.4) is 0 Å². The molecule has 148 heavy (non-hydrogen) atoms. The van der Waals surface area contributed by atoms with Gasteiger partial charge in [-0.3, -0.25) is 15.0 Å². The van der Waals surface area contributed by atoms with Crippen LogP contribution < -0.4 is 41.5 Å². The highest BCUT2D eigenvalue weighted by atomic mass is 32.1. The molecule has 8 heteroatoms. The lowest BCUT2D eigenvalue weighted by atomic mass is 9.79. The molecular weight excluding hydrogens is 1840 g/mol. The molecule has 30 rings (SSSR count). The van der Waals surface area contributed by atoms with Crippen LogP contribution in [0.5, 0.6) is 0 Å². The molecule has 4 aliphatic carbocycles. The average Bonchev–Trinajstić information content (AvgIpc) is 0.925. The number of pyridine rings is 4. The number of para-hydroxylation sites is 2. The van der Waals surface area contributed by atoms with Crippen LogP contribution in [0.1, 0.15) is 0 Å². The summed E-state index contributed by atoms with van der Waals surface area (Å²) in [4.78, 5) is 21.8. The van der Waals surface area contributed by atoms with E-state index in [4.69, 9.17) is 24.4 Å². The van der Waals surface area contributed by atoms with Crippen molar-refractivity contribution in [3.63, 3.8) is 0 Å². The third kappa shape index (κ3) is 13.0. The summed E-state index contributed by atoms with van der Waals surface area (Å²) in [5, 5.41) is 15.0. The summed E-state index contributed by atoms with van der Waals surface area (Å²) in [7, 11) is -6.80. The molecule has 0 aliphatic heterocycles. The largest absolute Gasteiger partial charge is 0.455 e. The predicted molar refractivity (Wildman–Crippen MR) is 623 cm³/mol. The number of fused-ring (bicyclic) bond motifs is 38. The summed E-state index contributed by atoms with van der Waals surface area (Å²) in [5.41, 5.74) is 43.3. The molecule has 0 saturated heterocycles. The van der Waals surface area contributed by atoms with E-state index in [0.717, 1.165) is 178 Å². The van der Waals surface area contributed by atoms with Crippen molar-refractivity contribution in [3.8, 4) is 212 Å². The van der Waals surface area contributed by atoms with Crippen molar-refractivity contribution >= 4 is 111 Å². The zero-order valence-electron chi connectivity index (χ0n) is 80.3. The van der Waals surface area contributed by atoms with Crippen LogP contribution in [-0.2, 0) is 0 Å². The molecule has 6 heterocycles. The molecule has 0 unspecified atom stereocenters. The standard InChI is InChI=1S/C140H86N4OSSi2/c1-5-32-90(33-6-1)147(91-34-7-2-8-35-91,94-64-71-113-111-68-61-87(98-52-27-54-123-117-50-23-25-59-133(117)145-139(98)123)80-125(111)105-45-18-13-40-100(105)101-41-14-19-46-106(101)128(113)83-94)97-67-74-116-121-58-31-79-143-137(121)138-122(104-44-17-22-49-109(104)131(116)86-97)75-76-132(144-138)89-63-70-110-102-42-15-20-47-107(102)129-84-95(65-72-114(129)112-69-62-88(81-126(112)127(110)82-89)99-53-28-55-124-118-51-24-26-60-134(118)146-140(99)124)148(92-36-9-3-10-37-92,93-38-11-4-12-39-93)96-66-73-115-120-57-30-78-142-136(120)135-119(56-29-77-141-135)103-43-16-21-48-108(103)130(115)85-96/h1-86H. The minimum Gasteiger partial charge on any atom is -0.455 e. The molecule has 0 fully saturated rings. The van der Waals surface area contributed by atoms with E-state index < -0.39 is 16.1 Å². The predicted octanol–water partition coefficient (Wildman–Crippen LogP) is 31.2. The first kappa shape index (κ1) is 85.1. The molecule has 0 bridgehead atoms. The van der Waals surface area contributed by atoms with Gasteiger partial charge in [0.15, 0.2) is 16.1 Å². The first-order valence-electron chi connectivity index (χ1n) is 50.8. The molecule has 4 aliphatic rings. The van der Waals surface area contributed by atoms with Gasteiger partial charge in [0.25, 0.3) is 0 Å². The lowest BCUT2D eigenvalue weighted by Crippen LogP contribution is -2.74. The molecule has 6 aromatic heterocycles. The molecule has 26 aromatic rings. The number of benzene rings is 20. The highest BCUT2D eigenvalue weighted by molar-refractivity contribution is 7.26. The number of hydrogen-bond acceptors (Lipinski definition) is 6. The van der Waals surface area contributed by atoms with Gasteiger partial charge in [-0.05, 0) is 252 Å². The van der Waals surface area contributed by atoms with Crippen LogP contribution in [0.4, 0.5) is 0 Å². The van der Waals surface area contributed by atoms with E-state index in [0.29, 0.717) is 0 Å². The number of hydrogen-bond donors (Lipinski definition) is 0. The molecule has 0 N–H and O–H groups in total. The van der Waals surface area contributed by atoms with E-state index >= 15 is 0 Å². The molecule has 0 atom stereocenters. The lowest BCUT2D eigenvalue weighted by Gasteiger charge is -2.36. The topological polar surface area (TPSA) is 64.7 Å². The Morgan fingerprint density at radius 2 is 0.446 bits per heavy atom. The van der Waals surface area contributed by atoms with Gasteiger partial charge in [-0.15, -0.1) is 11.3 Å². The third-order valence-corrected chi connectivity index (χ3v) is 42.6. The number of nitrogens with zero attached hydrogens (tertiary/aromatic N) is 4. The first-order chi connectivity index (χ1) is 73.4. The van der Waals surface area contributed by atoms with E-state index in [-0.39, 0.29) is 0 Å². The quantitative estimate of drug-likeness (QED) is 0.0954. The van der Waals surface area contributed by atoms with Gasteiger partial charge in [-0.1, -0.05) is 443 Å². The zero-order valence-corrected chi connectivity index (χ0v) is 83.1. The minimum atomic E-state index is -3.41. The highest BCUT2D eigenvalue weighted by Crippen LogP contribution is 2.56. The second-order valence-electron chi connectivity index (χ2n) is 39.4. The van der Waals surface area contributed by atoms with Crippen LogP contribution in [0.25, 0.3) is 254 Å². The van der Waals surface area contributed by atoms with Gasteiger partial charge in [-0.25, -0.2) is 4.98 Å². The third-order valence-electron chi connectivity index (χ3n) is 31.9. The Hall–Kier alpha value is -18.5. The Labute approximate surface area is 862 Å². The Morgan fingerprint density at radius 1 is 0.169 bits per heavy atom. The number of thiophene rings is 1. The van der Waals surface area contributed by atoms with Gasteiger partial charge in [0.2, 0.25) is 0 Å².